The highest BCUT2D eigenvalue weighted by Crippen LogP contribution is 2.16. The van der Waals surface area contributed by atoms with Gasteiger partial charge in [0.2, 0.25) is 0 Å². The number of methoxy groups -OCH3 is 1. The molecule has 0 aliphatic carbocycles. The maximum atomic E-state index is 12.0. The number of nitrogens with one attached hydrogen (secondary N) is 1. The van der Waals surface area contributed by atoms with Crippen molar-refractivity contribution in [3.8, 4) is 0 Å². The zero-order valence-corrected chi connectivity index (χ0v) is 15.2. The summed E-state index contributed by atoms with van der Waals surface area (Å²) in [6, 6.07) is 1.51. The van der Waals surface area contributed by atoms with Gasteiger partial charge >= 0.3 is 12.1 Å². The van der Waals surface area contributed by atoms with Gasteiger partial charge in [0.1, 0.15) is 5.60 Å². The van der Waals surface area contributed by atoms with Crippen LogP contribution in [0.4, 0.5) is 4.79 Å². The normalized spacial score (nSPS) is 12.1. The second-order valence-corrected chi connectivity index (χ2v) is 7.23. The van der Waals surface area contributed by atoms with Gasteiger partial charge in [-0.1, -0.05) is 0 Å². The summed E-state index contributed by atoms with van der Waals surface area (Å²) in [5, 5.41) is 16.0. The predicted octanol–water partition coefficient (Wildman–Crippen LogP) is 2.07. The fourth-order valence-electron chi connectivity index (χ4n) is 2.15. The number of carbonyl (C=O) groups excluding carboxylic acids is 1. The van der Waals surface area contributed by atoms with E-state index in [1.165, 1.54) is 6.07 Å². The first-order chi connectivity index (χ1) is 10.9. The minimum atomic E-state index is -1.09. The molecular formula is C16H27N3O5. The lowest BCUT2D eigenvalue weighted by molar-refractivity contribution is 0.0470. The van der Waals surface area contributed by atoms with E-state index < -0.39 is 23.2 Å². The van der Waals surface area contributed by atoms with Crippen LogP contribution < -0.4 is 5.32 Å². The number of aromatic carboxylic acids is 1. The number of carboxylic acid groups (broad SMARTS) is 1. The number of alkyl carbamates (subject to hydrolysis) is 1. The molecule has 2 N–H and O–H groups in total. The maximum Gasteiger partial charge on any atom is 0.408 e. The van der Waals surface area contributed by atoms with E-state index in [1.54, 1.807) is 32.6 Å². The average molecular weight is 341 g/mol. The molecule has 0 spiro atoms. The van der Waals surface area contributed by atoms with Gasteiger partial charge in [0, 0.05) is 24.8 Å². The van der Waals surface area contributed by atoms with Crippen LogP contribution in [-0.2, 0) is 22.4 Å². The van der Waals surface area contributed by atoms with Crippen LogP contribution in [0.2, 0.25) is 0 Å². The fraction of sp³-hybridized carbons (Fsp3) is 0.688. The van der Waals surface area contributed by atoms with Crippen molar-refractivity contribution in [2.45, 2.75) is 58.7 Å². The van der Waals surface area contributed by atoms with Crippen molar-refractivity contribution in [1.29, 1.82) is 0 Å². The largest absolute Gasteiger partial charge is 0.476 e. The molecular weight excluding hydrogens is 314 g/mol. The molecule has 0 aromatic carbocycles. The molecule has 0 atom stereocenters. The summed E-state index contributed by atoms with van der Waals surface area (Å²) in [6.07, 6.45) is -0.120. The third-order valence-electron chi connectivity index (χ3n) is 3.05. The third-order valence-corrected chi connectivity index (χ3v) is 3.05. The van der Waals surface area contributed by atoms with E-state index >= 15 is 0 Å². The first-order valence-corrected chi connectivity index (χ1v) is 7.73. The number of carboxylic acids is 1. The number of ether oxygens (including phenoxy) is 2. The molecule has 0 aliphatic rings. The van der Waals surface area contributed by atoms with Crippen LogP contribution in [0.1, 0.15) is 50.8 Å². The van der Waals surface area contributed by atoms with Gasteiger partial charge < -0.3 is 19.9 Å². The van der Waals surface area contributed by atoms with Gasteiger partial charge in [0.25, 0.3) is 0 Å². The zero-order chi connectivity index (χ0) is 18.5. The van der Waals surface area contributed by atoms with Crippen LogP contribution in [0.15, 0.2) is 6.07 Å². The monoisotopic (exact) mass is 341 g/mol. The Bertz CT molecular complexity index is 587. The minimum absolute atomic E-state index is 0.0332. The van der Waals surface area contributed by atoms with E-state index in [0.29, 0.717) is 25.3 Å². The van der Waals surface area contributed by atoms with Gasteiger partial charge in [-0.05, 0) is 40.7 Å². The average Bonchev–Trinajstić information content (AvgIpc) is 2.75. The van der Waals surface area contributed by atoms with Crippen molar-refractivity contribution in [1.82, 2.24) is 15.1 Å². The molecule has 1 aromatic heterocycles. The van der Waals surface area contributed by atoms with Crippen molar-refractivity contribution in [2.75, 3.05) is 13.7 Å². The van der Waals surface area contributed by atoms with E-state index in [2.05, 4.69) is 10.4 Å². The molecule has 1 rings (SSSR count). The van der Waals surface area contributed by atoms with Gasteiger partial charge in [0.15, 0.2) is 5.69 Å². The number of nitrogens with zero attached hydrogens (tertiary/aromatic N) is 2. The number of rotatable bonds is 7. The van der Waals surface area contributed by atoms with E-state index in [0.717, 1.165) is 0 Å². The number of carbonyl (C=O) groups is 2. The Balaban J connectivity index is 2.88. The second kappa shape index (κ2) is 7.65. The van der Waals surface area contributed by atoms with Crippen molar-refractivity contribution in [2.24, 2.45) is 0 Å². The predicted molar refractivity (Wildman–Crippen MR) is 88.2 cm³/mol. The lowest BCUT2D eigenvalue weighted by Crippen LogP contribution is -2.47. The molecule has 1 heterocycles. The fourth-order valence-corrected chi connectivity index (χ4v) is 2.15. The Hall–Kier alpha value is -2.09. The molecule has 0 fully saturated rings. The summed E-state index contributed by atoms with van der Waals surface area (Å²) in [6.45, 7) is 9.89. The van der Waals surface area contributed by atoms with Crippen molar-refractivity contribution < 1.29 is 24.2 Å². The van der Waals surface area contributed by atoms with Crippen LogP contribution in [0.3, 0.4) is 0 Å². The SMILES string of the molecule is COCCn1nc(C(=O)O)cc1CC(C)(C)NC(=O)OC(C)(C)C. The highest BCUT2D eigenvalue weighted by molar-refractivity contribution is 5.85. The Kier molecular flexibility index (Phi) is 6.36. The topological polar surface area (TPSA) is 103 Å². The van der Waals surface area contributed by atoms with Crippen LogP contribution in [0.25, 0.3) is 0 Å². The molecule has 1 aromatic rings. The highest BCUT2D eigenvalue weighted by Gasteiger charge is 2.27. The van der Waals surface area contributed by atoms with E-state index in [-0.39, 0.29) is 5.69 Å². The van der Waals surface area contributed by atoms with Gasteiger partial charge in [0.05, 0.1) is 13.2 Å². The number of hydrogen-bond acceptors (Lipinski definition) is 5. The van der Waals surface area contributed by atoms with Crippen molar-refractivity contribution in [3.05, 3.63) is 17.5 Å². The molecule has 1 amide bonds. The Labute approximate surface area is 142 Å². The summed E-state index contributed by atoms with van der Waals surface area (Å²) >= 11 is 0. The second-order valence-electron chi connectivity index (χ2n) is 7.23. The number of amides is 1. The molecule has 8 heteroatoms. The Morgan fingerprint density at radius 2 is 1.92 bits per heavy atom. The van der Waals surface area contributed by atoms with Crippen LogP contribution >= 0.6 is 0 Å². The molecule has 0 radical (unpaired) electrons. The van der Waals surface area contributed by atoms with E-state index in [4.69, 9.17) is 14.6 Å². The van der Waals surface area contributed by atoms with Crippen LogP contribution in [-0.4, -0.2) is 51.8 Å². The quantitative estimate of drug-likeness (QED) is 0.787. The van der Waals surface area contributed by atoms with Gasteiger partial charge in [-0.15, -0.1) is 0 Å². The van der Waals surface area contributed by atoms with E-state index in [9.17, 15) is 9.59 Å². The standard InChI is InChI=1S/C16H27N3O5/c1-15(2,3)24-14(22)17-16(4,5)10-11-9-12(13(20)21)18-19(11)7-8-23-6/h9H,7-8,10H2,1-6H3,(H,17,22)(H,20,21). The van der Waals surface area contributed by atoms with Crippen molar-refractivity contribution >= 4 is 12.1 Å². The van der Waals surface area contributed by atoms with Gasteiger partial charge in [-0.3, -0.25) is 4.68 Å². The lowest BCUT2D eigenvalue weighted by atomic mass is 9.98. The van der Waals surface area contributed by atoms with Gasteiger partial charge in [-0.2, -0.15) is 5.10 Å². The molecule has 0 bridgehead atoms. The number of aromatic nitrogens is 2. The molecule has 8 nitrogen and oxygen atoms in total. The summed E-state index contributed by atoms with van der Waals surface area (Å²) in [5.74, 6) is -1.09. The van der Waals surface area contributed by atoms with Crippen molar-refractivity contribution in [3.63, 3.8) is 0 Å². The molecule has 24 heavy (non-hydrogen) atoms. The summed E-state index contributed by atoms with van der Waals surface area (Å²) in [5.41, 5.74) is -0.556. The molecule has 0 aliphatic heterocycles. The van der Waals surface area contributed by atoms with Crippen LogP contribution in [0.5, 0.6) is 0 Å². The maximum absolute atomic E-state index is 12.0. The lowest BCUT2D eigenvalue weighted by Gasteiger charge is -2.28. The van der Waals surface area contributed by atoms with Gasteiger partial charge in [-0.25, -0.2) is 9.59 Å². The first kappa shape index (κ1) is 20.0. The highest BCUT2D eigenvalue weighted by atomic mass is 16.6. The smallest absolute Gasteiger partial charge is 0.408 e. The molecule has 0 saturated carbocycles. The summed E-state index contributed by atoms with van der Waals surface area (Å²) in [4.78, 5) is 23.1. The van der Waals surface area contributed by atoms with E-state index in [1.807, 2.05) is 13.8 Å². The van der Waals surface area contributed by atoms with Crippen LogP contribution in [0, 0.1) is 0 Å². The zero-order valence-electron chi connectivity index (χ0n) is 15.2. The molecule has 0 unspecified atom stereocenters. The Morgan fingerprint density at radius 1 is 1.29 bits per heavy atom. The minimum Gasteiger partial charge on any atom is -0.476 e. The summed E-state index contributed by atoms with van der Waals surface area (Å²) in [7, 11) is 1.56. The molecule has 0 saturated heterocycles. The first-order valence-electron chi connectivity index (χ1n) is 7.73. The molecule has 136 valence electrons. The summed E-state index contributed by atoms with van der Waals surface area (Å²) < 4.78 is 11.9. The third kappa shape index (κ3) is 6.57. The number of hydrogen-bond donors (Lipinski definition) is 2. The Morgan fingerprint density at radius 3 is 2.42 bits per heavy atom.